The molecule has 0 unspecified atom stereocenters. The van der Waals surface area contributed by atoms with Gasteiger partial charge in [0.2, 0.25) is 15.9 Å². The fourth-order valence-electron chi connectivity index (χ4n) is 3.79. The van der Waals surface area contributed by atoms with Gasteiger partial charge in [0.05, 0.1) is 4.90 Å². The Bertz CT molecular complexity index is 1150. The second-order valence-electron chi connectivity index (χ2n) is 8.26. The van der Waals surface area contributed by atoms with Crippen LogP contribution >= 0.6 is 11.5 Å². The first kappa shape index (κ1) is 22.6. The quantitative estimate of drug-likeness (QED) is 0.578. The molecule has 0 atom stereocenters. The Balaban J connectivity index is 1.34. The Hall–Kier alpha value is -2.62. The molecule has 32 heavy (non-hydrogen) atoms. The van der Waals surface area contributed by atoms with Crippen molar-refractivity contribution in [1.29, 1.82) is 0 Å². The number of aromatic nitrogens is 2. The van der Waals surface area contributed by atoms with E-state index in [1.807, 2.05) is 41.8 Å². The topological polar surface area (TPSA) is 92.3 Å². The van der Waals surface area contributed by atoms with E-state index in [4.69, 9.17) is 0 Å². The smallest absolute Gasteiger partial charge is 0.243 e. The molecule has 0 aliphatic carbocycles. The molecule has 3 aromatic rings. The number of nitrogens with zero attached hydrogens (tertiary/aromatic N) is 3. The number of piperidine rings is 1. The zero-order chi connectivity index (χ0) is 22.7. The number of carbonyl (C=O) groups is 1. The average Bonchev–Trinajstić information content (AvgIpc) is 3.35. The van der Waals surface area contributed by atoms with E-state index < -0.39 is 10.0 Å². The van der Waals surface area contributed by atoms with Gasteiger partial charge in [0.1, 0.15) is 5.69 Å². The largest absolute Gasteiger partial charge is 0.326 e. The summed E-state index contributed by atoms with van der Waals surface area (Å²) in [6, 6.07) is 14.6. The lowest BCUT2D eigenvalue weighted by molar-refractivity contribution is -0.120. The van der Waals surface area contributed by atoms with Crippen LogP contribution in [0.1, 0.15) is 38.2 Å². The highest BCUT2D eigenvalue weighted by molar-refractivity contribution is 7.89. The molecule has 4 rings (SSSR count). The molecule has 1 aliphatic rings. The summed E-state index contributed by atoms with van der Waals surface area (Å²) < 4.78 is 31.3. The first-order valence-corrected chi connectivity index (χ1v) is 12.9. The van der Waals surface area contributed by atoms with E-state index in [1.54, 1.807) is 12.1 Å². The van der Waals surface area contributed by atoms with Crippen molar-refractivity contribution in [3.63, 3.8) is 0 Å². The third-order valence-corrected chi connectivity index (χ3v) is 8.23. The minimum absolute atomic E-state index is 0.0774. The van der Waals surface area contributed by atoms with Crippen LogP contribution in [-0.2, 0) is 14.8 Å². The number of nitrogens with one attached hydrogen (secondary N) is 1. The predicted molar refractivity (Wildman–Crippen MR) is 126 cm³/mol. The monoisotopic (exact) mass is 470 g/mol. The van der Waals surface area contributed by atoms with Crippen LogP contribution in [0.3, 0.4) is 0 Å². The number of rotatable bonds is 6. The Morgan fingerprint density at radius 3 is 2.28 bits per heavy atom. The van der Waals surface area contributed by atoms with Crippen molar-refractivity contribution >= 4 is 33.2 Å². The lowest BCUT2D eigenvalue weighted by Crippen LogP contribution is -2.41. The number of benzene rings is 2. The molecule has 168 valence electrons. The summed E-state index contributed by atoms with van der Waals surface area (Å²) in [5.41, 5.74) is 3.56. The fraction of sp³-hybridized carbons (Fsp3) is 0.348. The summed E-state index contributed by atoms with van der Waals surface area (Å²) >= 11 is 1.29. The first-order chi connectivity index (χ1) is 15.3. The summed E-state index contributed by atoms with van der Waals surface area (Å²) in [6.45, 7) is 4.82. The second kappa shape index (κ2) is 9.48. The molecule has 0 spiro atoms. The van der Waals surface area contributed by atoms with Crippen LogP contribution in [-0.4, -0.2) is 41.3 Å². The molecule has 1 amide bonds. The van der Waals surface area contributed by atoms with E-state index >= 15 is 0 Å². The number of carbonyl (C=O) groups excluding carboxylic acids is 1. The maximum absolute atomic E-state index is 13.0. The third kappa shape index (κ3) is 4.90. The maximum atomic E-state index is 13.0. The maximum Gasteiger partial charge on any atom is 0.243 e. The van der Waals surface area contributed by atoms with Gasteiger partial charge >= 0.3 is 0 Å². The van der Waals surface area contributed by atoms with E-state index in [0.717, 1.165) is 16.8 Å². The van der Waals surface area contributed by atoms with Gasteiger partial charge in [0.15, 0.2) is 0 Å². The standard InChI is InChI=1S/C23H26N4O3S2/c1-16(2)17-5-9-21(10-6-17)32(29,30)27-13-11-19(12-14-27)23(28)24-20-7-3-18(4-8-20)22-15-31-26-25-22/h3-10,15-16,19H,11-14H2,1-2H3,(H,24,28). The van der Waals surface area contributed by atoms with Gasteiger partial charge in [0.25, 0.3) is 0 Å². The molecule has 2 heterocycles. The number of sulfonamides is 1. The van der Waals surface area contributed by atoms with Gasteiger partial charge in [-0.1, -0.05) is 42.6 Å². The molecular weight excluding hydrogens is 444 g/mol. The highest BCUT2D eigenvalue weighted by atomic mass is 32.2. The molecule has 2 aromatic carbocycles. The molecule has 0 saturated carbocycles. The Morgan fingerprint density at radius 2 is 1.72 bits per heavy atom. The van der Waals surface area contributed by atoms with Crippen LogP contribution in [0, 0.1) is 5.92 Å². The Labute approximate surface area is 192 Å². The van der Waals surface area contributed by atoms with E-state index in [0.29, 0.717) is 42.4 Å². The van der Waals surface area contributed by atoms with Gasteiger partial charge in [-0.25, -0.2) is 8.42 Å². The summed E-state index contributed by atoms with van der Waals surface area (Å²) in [4.78, 5) is 13.0. The minimum Gasteiger partial charge on any atom is -0.326 e. The molecule has 1 N–H and O–H groups in total. The van der Waals surface area contributed by atoms with Crippen molar-refractivity contribution in [3.05, 3.63) is 59.5 Å². The summed E-state index contributed by atoms with van der Waals surface area (Å²) in [7, 11) is -3.55. The van der Waals surface area contributed by atoms with Crippen molar-refractivity contribution < 1.29 is 13.2 Å². The van der Waals surface area contributed by atoms with Gasteiger partial charge in [-0.3, -0.25) is 4.79 Å². The molecule has 9 heteroatoms. The van der Waals surface area contributed by atoms with Crippen LogP contribution in [0.5, 0.6) is 0 Å². The molecule has 1 aliphatic heterocycles. The van der Waals surface area contributed by atoms with E-state index in [-0.39, 0.29) is 11.8 Å². The Kier molecular flexibility index (Phi) is 6.68. The zero-order valence-electron chi connectivity index (χ0n) is 18.1. The fourth-order valence-corrected chi connectivity index (χ4v) is 5.73. The third-order valence-electron chi connectivity index (χ3n) is 5.82. The van der Waals surface area contributed by atoms with Gasteiger partial charge in [0, 0.05) is 35.6 Å². The lowest BCUT2D eigenvalue weighted by Gasteiger charge is -2.30. The molecule has 7 nitrogen and oxygen atoms in total. The number of hydrogen-bond donors (Lipinski definition) is 1. The van der Waals surface area contributed by atoms with E-state index in [2.05, 4.69) is 28.8 Å². The molecular formula is C23H26N4O3S2. The zero-order valence-corrected chi connectivity index (χ0v) is 19.7. The minimum atomic E-state index is -3.55. The lowest BCUT2D eigenvalue weighted by atomic mass is 9.97. The molecule has 0 radical (unpaired) electrons. The van der Waals surface area contributed by atoms with Crippen molar-refractivity contribution in [1.82, 2.24) is 13.9 Å². The average molecular weight is 471 g/mol. The van der Waals surface area contributed by atoms with Gasteiger partial charge in [-0.05, 0) is 60.1 Å². The number of hydrogen-bond acceptors (Lipinski definition) is 6. The molecule has 0 bridgehead atoms. The first-order valence-electron chi connectivity index (χ1n) is 10.6. The Morgan fingerprint density at radius 1 is 1.06 bits per heavy atom. The highest BCUT2D eigenvalue weighted by Crippen LogP contribution is 2.27. The number of amides is 1. The summed E-state index contributed by atoms with van der Waals surface area (Å²) in [5.74, 6) is 0.0557. The van der Waals surface area contributed by atoms with Crippen molar-refractivity contribution in [2.75, 3.05) is 18.4 Å². The summed E-state index contributed by atoms with van der Waals surface area (Å²) in [5, 5.41) is 8.85. The van der Waals surface area contributed by atoms with Gasteiger partial charge < -0.3 is 5.32 Å². The second-order valence-corrected chi connectivity index (χ2v) is 10.8. The molecule has 1 fully saturated rings. The van der Waals surface area contributed by atoms with Gasteiger partial charge in [-0.15, -0.1) is 5.10 Å². The van der Waals surface area contributed by atoms with Crippen molar-refractivity contribution in [2.24, 2.45) is 5.92 Å². The van der Waals surface area contributed by atoms with Crippen LogP contribution in [0.2, 0.25) is 0 Å². The normalized spacial score (nSPS) is 15.7. The number of anilines is 1. The van der Waals surface area contributed by atoms with Gasteiger partial charge in [-0.2, -0.15) is 4.31 Å². The van der Waals surface area contributed by atoms with Crippen molar-refractivity contribution in [2.45, 2.75) is 37.5 Å². The van der Waals surface area contributed by atoms with Crippen molar-refractivity contribution in [3.8, 4) is 11.3 Å². The van der Waals surface area contributed by atoms with E-state index in [9.17, 15) is 13.2 Å². The van der Waals surface area contributed by atoms with Crippen LogP contribution < -0.4 is 5.32 Å². The molecule has 1 saturated heterocycles. The van der Waals surface area contributed by atoms with Crippen LogP contribution in [0.25, 0.3) is 11.3 Å². The van der Waals surface area contributed by atoms with Crippen LogP contribution in [0.15, 0.2) is 58.8 Å². The van der Waals surface area contributed by atoms with E-state index in [1.165, 1.54) is 15.8 Å². The SMILES string of the molecule is CC(C)c1ccc(S(=O)(=O)N2CCC(C(=O)Nc3ccc(-c4csnn4)cc3)CC2)cc1. The summed E-state index contributed by atoms with van der Waals surface area (Å²) in [6.07, 6.45) is 0.995. The van der Waals surface area contributed by atoms with Crippen LogP contribution in [0.4, 0.5) is 5.69 Å². The molecule has 1 aromatic heterocycles. The highest BCUT2D eigenvalue weighted by Gasteiger charge is 2.32. The predicted octanol–water partition coefficient (Wildman–Crippen LogP) is 4.37.